The van der Waals surface area contributed by atoms with Gasteiger partial charge in [0.15, 0.2) is 0 Å². The molecule has 8 nitrogen and oxygen atoms in total. The van der Waals surface area contributed by atoms with Gasteiger partial charge < -0.3 is 14.8 Å². The SMILES string of the molecule is COc1cc(CN2C(=O)N[C@](NC(=O)c3cccc(C(F)(F)F)c3)(C(F)(F)F)C2=O)cc(OC)c1. The summed E-state index contributed by atoms with van der Waals surface area (Å²) in [6.07, 6.45) is -10.4. The third kappa shape index (κ3) is 4.95. The largest absolute Gasteiger partial charge is 0.497 e. The summed E-state index contributed by atoms with van der Waals surface area (Å²) in [5.74, 6) is -3.08. The van der Waals surface area contributed by atoms with E-state index in [1.165, 1.54) is 43.1 Å². The topological polar surface area (TPSA) is 97.0 Å². The number of amides is 4. The maximum Gasteiger partial charge on any atom is 0.440 e. The predicted octanol–water partition coefficient (Wildman–Crippen LogP) is 3.46. The van der Waals surface area contributed by atoms with Gasteiger partial charge in [0.25, 0.3) is 17.5 Å². The van der Waals surface area contributed by atoms with Crippen molar-refractivity contribution in [1.82, 2.24) is 15.5 Å². The summed E-state index contributed by atoms with van der Waals surface area (Å²) in [6, 6.07) is 5.23. The second-order valence-electron chi connectivity index (χ2n) is 7.32. The molecule has 0 aromatic heterocycles. The fourth-order valence-electron chi connectivity index (χ4n) is 3.29. The molecule has 1 aliphatic heterocycles. The van der Waals surface area contributed by atoms with Gasteiger partial charge in [-0.05, 0) is 35.9 Å². The molecular formula is C21H17F6N3O5. The fraction of sp³-hybridized carbons (Fsp3) is 0.286. The van der Waals surface area contributed by atoms with E-state index in [2.05, 4.69) is 0 Å². The molecule has 1 fully saturated rings. The summed E-state index contributed by atoms with van der Waals surface area (Å²) >= 11 is 0. The van der Waals surface area contributed by atoms with Crippen LogP contribution < -0.4 is 20.1 Å². The van der Waals surface area contributed by atoms with Gasteiger partial charge in [0.05, 0.1) is 26.3 Å². The summed E-state index contributed by atoms with van der Waals surface area (Å²) in [6.45, 7) is -0.657. The van der Waals surface area contributed by atoms with Crippen LogP contribution in [-0.4, -0.2) is 48.8 Å². The van der Waals surface area contributed by atoms with Crippen molar-refractivity contribution in [2.24, 2.45) is 0 Å². The van der Waals surface area contributed by atoms with E-state index in [-0.39, 0.29) is 22.0 Å². The molecule has 0 bridgehead atoms. The van der Waals surface area contributed by atoms with Gasteiger partial charge >= 0.3 is 18.4 Å². The molecule has 0 aliphatic carbocycles. The third-order valence-corrected chi connectivity index (χ3v) is 5.04. The van der Waals surface area contributed by atoms with E-state index in [0.717, 1.165) is 12.1 Å². The van der Waals surface area contributed by atoms with Gasteiger partial charge in [-0.2, -0.15) is 26.3 Å². The lowest BCUT2D eigenvalue weighted by atomic mass is 10.1. The molecule has 35 heavy (non-hydrogen) atoms. The monoisotopic (exact) mass is 505 g/mol. The van der Waals surface area contributed by atoms with E-state index in [1.807, 2.05) is 0 Å². The Bertz CT molecular complexity index is 1140. The van der Waals surface area contributed by atoms with Gasteiger partial charge in [0.2, 0.25) is 0 Å². The van der Waals surface area contributed by atoms with Crippen LogP contribution in [0.15, 0.2) is 42.5 Å². The molecule has 0 unspecified atom stereocenters. The number of alkyl halides is 6. The molecule has 1 aliphatic rings. The smallest absolute Gasteiger partial charge is 0.440 e. The van der Waals surface area contributed by atoms with Crippen molar-refractivity contribution in [3.8, 4) is 11.5 Å². The van der Waals surface area contributed by atoms with Crippen molar-refractivity contribution >= 4 is 17.8 Å². The van der Waals surface area contributed by atoms with Crippen molar-refractivity contribution < 1.29 is 50.2 Å². The number of carbonyl (C=O) groups excluding carboxylic acids is 3. The summed E-state index contributed by atoms with van der Waals surface area (Å²) in [5.41, 5.74) is -5.84. The van der Waals surface area contributed by atoms with E-state index in [9.17, 15) is 40.7 Å². The van der Waals surface area contributed by atoms with E-state index in [1.54, 1.807) is 0 Å². The Morgan fingerprint density at radius 3 is 2.11 bits per heavy atom. The van der Waals surface area contributed by atoms with Crippen LogP contribution in [0.3, 0.4) is 0 Å². The van der Waals surface area contributed by atoms with Crippen molar-refractivity contribution in [1.29, 1.82) is 0 Å². The molecule has 1 saturated heterocycles. The van der Waals surface area contributed by atoms with Crippen molar-refractivity contribution in [2.45, 2.75) is 24.6 Å². The molecule has 3 rings (SSSR count). The lowest BCUT2D eigenvalue weighted by molar-refractivity contribution is -0.200. The van der Waals surface area contributed by atoms with Crippen LogP contribution in [0.5, 0.6) is 11.5 Å². The van der Waals surface area contributed by atoms with Crippen molar-refractivity contribution in [3.05, 3.63) is 59.2 Å². The Hall–Kier alpha value is -3.97. The first-order valence-corrected chi connectivity index (χ1v) is 9.64. The minimum atomic E-state index is -5.54. The average Bonchev–Trinajstić information content (AvgIpc) is 3.03. The maximum absolute atomic E-state index is 14.0. The van der Waals surface area contributed by atoms with E-state index in [0.29, 0.717) is 12.1 Å². The highest BCUT2D eigenvalue weighted by Gasteiger charge is 2.68. The number of halogens is 6. The number of benzene rings is 2. The highest BCUT2D eigenvalue weighted by molar-refractivity contribution is 6.10. The molecule has 2 aromatic rings. The quantitative estimate of drug-likeness (QED) is 0.463. The third-order valence-electron chi connectivity index (χ3n) is 5.04. The summed E-state index contributed by atoms with van der Waals surface area (Å²) in [4.78, 5) is 37.9. The number of urea groups is 1. The zero-order valence-electron chi connectivity index (χ0n) is 18.0. The van der Waals surface area contributed by atoms with Gasteiger partial charge in [-0.3, -0.25) is 19.8 Å². The predicted molar refractivity (Wildman–Crippen MR) is 106 cm³/mol. The molecule has 4 amide bonds. The van der Waals surface area contributed by atoms with Crippen LogP contribution in [0, 0.1) is 0 Å². The van der Waals surface area contributed by atoms with Gasteiger partial charge in [0, 0.05) is 11.6 Å². The highest BCUT2D eigenvalue weighted by Crippen LogP contribution is 2.36. The summed E-state index contributed by atoms with van der Waals surface area (Å²) < 4.78 is 91.0. The number of ether oxygens (including phenoxy) is 2. The van der Waals surface area contributed by atoms with Gasteiger partial charge in [0.1, 0.15) is 11.5 Å². The molecule has 2 N–H and O–H groups in total. The van der Waals surface area contributed by atoms with Crippen molar-refractivity contribution in [2.75, 3.05) is 14.2 Å². The second-order valence-corrected chi connectivity index (χ2v) is 7.32. The normalized spacial score (nSPS) is 18.3. The first-order chi connectivity index (χ1) is 16.2. The number of nitrogens with zero attached hydrogens (tertiary/aromatic N) is 1. The lowest BCUT2D eigenvalue weighted by Crippen LogP contribution is -2.69. The Kier molecular flexibility index (Phi) is 6.59. The minimum Gasteiger partial charge on any atom is -0.497 e. The van der Waals surface area contributed by atoms with E-state index < -0.39 is 53.5 Å². The standard InChI is InChI=1S/C21H17F6N3O5/c1-34-14-6-11(7-15(9-14)35-2)10-30-17(32)19(21(25,26)27,29-18(30)33)28-16(31)12-4-3-5-13(8-12)20(22,23)24/h3-9H,10H2,1-2H3,(H,28,31)(H,29,33)/t19-/m0/s1. The highest BCUT2D eigenvalue weighted by atomic mass is 19.4. The zero-order chi connectivity index (χ0) is 26.2. The molecular weight excluding hydrogens is 488 g/mol. The molecule has 2 aromatic carbocycles. The molecule has 1 atom stereocenters. The number of methoxy groups -OCH3 is 2. The number of hydrogen-bond acceptors (Lipinski definition) is 5. The molecule has 14 heteroatoms. The minimum absolute atomic E-state index is 0.159. The van der Waals surface area contributed by atoms with Crippen LogP contribution in [0.2, 0.25) is 0 Å². The van der Waals surface area contributed by atoms with Crippen LogP contribution in [0.4, 0.5) is 31.1 Å². The van der Waals surface area contributed by atoms with Gasteiger partial charge in [-0.1, -0.05) is 6.07 Å². The van der Waals surface area contributed by atoms with Crippen LogP contribution in [0.1, 0.15) is 21.5 Å². The Morgan fingerprint density at radius 1 is 1.00 bits per heavy atom. The van der Waals surface area contributed by atoms with E-state index >= 15 is 0 Å². The number of rotatable bonds is 6. The lowest BCUT2D eigenvalue weighted by Gasteiger charge is -2.30. The van der Waals surface area contributed by atoms with Crippen molar-refractivity contribution in [3.63, 3.8) is 0 Å². The molecule has 0 spiro atoms. The first kappa shape index (κ1) is 25.6. The number of nitrogens with one attached hydrogen (secondary N) is 2. The summed E-state index contributed by atoms with van der Waals surface area (Å²) in [5, 5.41) is 2.79. The van der Waals surface area contributed by atoms with Gasteiger partial charge in [-0.15, -0.1) is 0 Å². The number of imide groups is 1. The van der Waals surface area contributed by atoms with Crippen LogP contribution in [-0.2, 0) is 17.5 Å². The molecule has 0 saturated carbocycles. The maximum atomic E-state index is 14.0. The molecule has 0 radical (unpaired) electrons. The van der Waals surface area contributed by atoms with Crippen LogP contribution in [0.25, 0.3) is 0 Å². The molecule has 1 heterocycles. The first-order valence-electron chi connectivity index (χ1n) is 9.64. The number of hydrogen-bond donors (Lipinski definition) is 2. The Morgan fingerprint density at radius 2 is 1.60 bits per heavy atom. The second kappa shape index (κ2) is 9.00. The van der Waals surface area contributed by atoms with Gasteiger partial charge in [-0.25, -0.2) is 4.79 Å². The summed E-state index contributed by atoms with van der Waals surface area (Å²) in [7, 11) is 2.62. The Labute approximate surface area is 193 Å². The fourth-order valence-corrected chi connectivity index (χ4v) is 3.29. The molecule has 188 valence electrons. The Balaban J connectivity index is 1.94. The van der Waals surface area contributed by atoms with Crippen LogP contribution >= 0.6 is 0 Å². The van der Waals surface area contributed by atoms with E-state index in [4.69, 9.17) is 9.47 Å². The zero-order valence-corrected chi connectivity index (χ0v) is 18.0. The number of carbonyl (C=O) groups is 3. The average molecular weight is 505 g/mol.